The summed E-state index contributed by atoms with van der Waals surface area (Å²) in [6.07, 6.45) is 6.04. The van der Waals surface area contributed by atoms with Gasteiger partial charge in [0.2, 0.25) is 0 Å². The first kappa shape index (κ1) is 11.2. The Morgan fingerprint density at radius 3 is 2.69 bits per heavy atom. The van der Waals surface area contributed by atoms with E-state index >= 15 is 0 Å². The number of hydrogen-bond donors (Lipinski definition) is 0. The van der Waals surface area contributed by atoms with E-state index in [2.05, 4.69) is 28.6 Å². The van der Waals surface area contributed by atoms with Crippen molar-refractivity contribution in [2.45, 2.75) is 26.3 Å². The van der Waals surface area contributed by atoms with Crippen LogP contribution in [0.15, 0.2) is 36.7 Å². The quantitative estimate of drug-likeness (QED) is 0.791. The highest BCUT2D eigenvalue weighted by Gasteiger charge is 2.02. The second kappa shape index (κ2) is 5.17. The molecule has 0 saturated carbocycles. The van der Waals surface area contributed by atoms with Gasteiger partial charge < -0.3 is 4.57 Å². The van der Waals surface area contributed by atoms with Gasteiger partial charge in [0.05, 0.1) is 0 Å². The molecule has 0 N–H and O–H groups in total. The average molecular weight is 235 g/mol. The van der Waals surface area contributed by atoms with Gasteiger partial charge in [-0.25, -0.2) is 4.98 Å². The molecule has 16 heavy (non-hydrogen) atoms. The van der Waals surface area contributed by atoms with E-state index in [1.54, 1.807) is 0 Å². The summed E-state index contributed by atoms with van der Waals surface area (Å²) in [7, 11) is 0. The van der Waals surface area contributed by atoms with Crippen molar-refractivity contribution < 1.29 is 0 Å². The number of rotatable bonds is 4. The molecule has 0 aliphatic carbocycles. The largest absolute Gasteiger partial charge is 0.331 e. The lowest BCUT2D eigenvalue weighted by Crippen LogP contribution is -2.03. The molecule has 0 fully saturated rings. The number of aromatic nitrogens is 2. The Hall–Kier alpha value is -1.28. The molecule has 2 nitrogen and oxygen atoms in total. The van der Waals surface area contributed by atoms with E-state index in [4.69, 9.17) is 11.6 Å². The molecule has 0 radical (unpaired) electrons. The van der Waals surface area contributed by atoms with Gasteiger partial charge in [0.25, 0.3) is 0 Å². The summed E-state index contributed by atoms with van der Waals surface area (Å²) in [6.45, 7) is 3.04. The molecule has 0 spiro atoms. The molecular weight excluding hydrogens is 220 g/mol. The van der Waals surface area contributed by atoms with Crippen molar-refractivity contribution in [2.75, 3.05) is 0 Å². The van der Waals surface area contributed by atoms with Crippen LogP contribution in [-0.4, -0.2) is 9.55 Å². The lowest BCUT2D eigenvalue weighted by molar-refractivity contribution is 0.705. The molecule has 0 bridgehead atoms. The summed E-state index contributed by atoms with van der Waals surface area (Å²) in [5, 5.41) is 0.781. The normalized spacial score (nSPS) is 10.6. The molecule has 84 valence electrons. The van der Waals surface area contributed by atoms with E-state index in [0.29, 0.717) is 0 Å². The number of imidazole rings is 1. The van der Waals surface area contributed by atoms with Gasteiger partial charge in [-0.2, -0.15) is 0 Å². The van der Waals surface area contributed by atoms with E-state index in [1.807, 2.05) is 24.5 Å². The third-order valence-electron chi connectivity index (χ3n) is 2.54. The van der Waals surface area contributed by atoms with E-state index in [9.17, 15) is 0 Å². The molecule has 1 aromatic heterocycles. The summed E-state index contributed by atoms with van der Waals surface area (Å²) >= 11 is 5.86. The zero-order chi connectivity index (χ0) is 11.4. The summed E-state index contributed by atoms with van der Waals surface area (Å²) in [5.41, 5.74) is 1.25. The standard InChI is InChI=1S/C13H15ClN2/c1-2-3-13-15-8-9-16(13)10-11-4-6-12(14)7-5-11/h4-9H,2-3,10H2,1H3. The Morgan fingerprint density at radius 1 is 1.25 bits per heavy atom. The van der Waals surface area contributed by atoms with E-state index < -0.39 is 0 Å². The second-order valence-electron chi connectivity index (χ2n) is 3.85. The van der Waals surface area contributed by atoms with Crippen LogP contribution in [0.3, 0.4) is 0 Å². The van der Waals surface area contributed by atoms with Crippen molar-refractivity contribution >= 4 is 11.6 Å². The average Bonchev–Trinajstić information content (AvgIpc) is 2.70. The number of benzene rings is 1. The zero-order valence-corrected chi connectivity index (χ0v) is 10.1. The minimum absolute atomic E-state index is 0.781. The molecule has 0 saturated heterocycles. The van der Waals surface area contributed by atoms with Gasteiger partial charge in [-0.05, 0) is 24.1 Å². The monoisotopic (exact) mass is 234 g/mol. The number of nitrogens with zero attached hydrogens (tertiary/aromatic N) is 2. The molecule has 0 aliphatic heterocycles. The Kier molecular flexibility index (Phi) is 3.62. The molecular formula is C13H15ClN2. The van der Waals surface area contributed by atoms with E-state index in [1.165, 1.54) is 5.56 Å². The Balaban J connectivity index is 2.13. The maximum Gasteiger partial charge on any atom is 0.108 e. The fraction of sp³-hybridized carbons (Fsp3) is 0.308. The molecule has 3 heteroatoms. The topological polar surface area (TPSA) is 17.8 Å². The molecule has 1 aromatic carbocycles. The van der Waals surface area contributed by atoms with Crippen LogP contribution in [0, 0.1) is 0 Å². The van der Waals surface area contributed by atoms with Crippen LogP contribution in [-0.2, 0) is 13.0 Å². The van der Waals surface area contributed by atoms with E-state index in [-0.39, 0.29) is 0 Å². The Morgan fingerprint density at radius 2 is 2.00 bits per heavy atom. The SMILES string of the molecule is CCCc1nccn1Cc1ccc(Cl)cc1. The highest BCUT2D eigenvalue weighted by atomic mass is 35.5. The summed E-state index contributed by atoms with van der Waals surface area (Å²) < 4.78 is 2.19. The maximum absolute atomic E-state index is 5.86. The third-order valence-corrected chi connectivity index (χ3v) is 2.79. The summed E-state index contributed by atoms with van der Waals surface area (Å²) in [5.74, 6) is 1.15. The van der Waals surface area contributed by atoms with Gasteiger partial charge in [-0.3, -0.25) is 0 Å². The van der Waals surface area contributed by atoms with Crippen molar-refractivity contribution in [2.24, 2.45) is 0 Å². The van der Waals surface area contributed by atoms with Gasteiger partial charge in [-0.1, -0.05) is 30.7 Å². The predicted octanol–water partition coefficient (Wildman–Crippen LogP) is 3.54. The van der Waals surface area contributed by atoms with Gasteiger partial charge in [0.15, 0.2) is 0 Å². The van der Waals surface area contributed by atoms with Crippen LogP contribution in [0.5, 0.6) is 0 Å². The van der Waals surface area contributed by atoms with Crippen molar-refractivity contribution in [3.63, 3.8) is 0 Å². The van der Waals surface area contributed by atoms with Crippen LogP contribution < -0.4 is 0 Å². The van der Waals surface area contributed by atoms with Crippen LogP contribution in [0.25, 0.3) is 0 Å². The maximum atomic E-state index is 5.86. The fourth-order valence-electron chi connectivity index (χ4n) is 1.72. The van der Waals surface area contributed by atoms with Crippen LogP contribution in [0.1, 0.15) is 24.7 Å². The van der Waals surface area contributed by atoms with Crippen molar-refractivity contribution in [1.82, 2.24) is 9.55 Å². The lowest BCUT2D eigenvalue weighted by Gasteiger charge is -2.07. The predicted molar refractivity (Wildman–Crippen MR) is 66.8 cm³/mol. The van der Waals surface area contributed by atoms with Gasteiger partial charge in [-0.15, -0.1) is 0 Å². The van der Waals surface area contributed by atoms with Gasteiger partial charge in [0, 0.05) is 30.4 Å². The van der Waals surface area contributed by atoms with E-state index in [0.717, 1.165) is 30.2 Å². The first-order valence-electron chi connectivity index (χ1n) is 5.54. The number of aryl methyl sites for hydroxylation is 1. The second-order valence-corrected chi connectivity index (χ2v) is 4.28. The highest BCUT2D eigenvalue weighted by molar-refractivity contribution is 6.30. The van der Waals surface area contributed by atoms with Crippen molar-refractivity contribution in [3.05, 3.63) is 53.1 Å². The minimum atomic E-state index is 0.781. The number of hydrogen-bond acceptors (Lipinski definition) is 1. The minimum Gasteiger partial charge on any atom is -0.331 e. The fourth-order valence-corrected chi connectivity index (χ4v) is 1.85. The Bertz CT molecular complexity index is 445. The molecule has 1 heterocycles. The van der Waals surface area contributed by atoms with Crippen LogP contribution >= 0.6 is 11.6 Å². The molecule has 0 atom stereocenters. The van der Waals surface area contributed by atoms with Crippen LogP contribution in [0.2, 0.25) is 5.02 Å². The first-order valence-corrected chi connectivity index (χ1v) is 5.92. The molecule has 0 aliphatic rings. The van der Waals surface area contributed by atoms with Gasteiger partial charge in [0.1, 0.15) is 5.82 Å². The molecule has 2 aromatic rings. The van der Waals surface area contributed by atoms with Crippen molar-refractivity contribution in [3.8, 4) is 0 Å². The zero-order valence-electron chi connectivity index (χ0n) is 9.36. The smallest absolute Gasteiger partial charge is 0.108 e. The van der Waals surface area contributed by atoms with Gasteiger partial charge >= 0.3 is 0 Å². The number of halogens is 1. The summed E-state index contributed by atoms with van der Waals surface area (Å²) in [6, 6.07) is 7.96. The lowest BCUT2D eigenvalue weighted by atomic mass is 10.2. The first-order chi connectivity index (χ1) is 7.79. The molecule has 0 amide bonds. The van der Waals surface area contributed by atoms with Crippen molar-refractivity contribution in [1.29, 1.82) is 0 Å². The Labute approximate surface area is 101 Å². The molecule has 2 rings (SSSR count). The third kappa shape index (κ3) is 2.64. The van der Waals surface area contributed by atoms with Crippen LogP contribution in [0.4, 0.5) is 0 Å². The highest BCUT2D eigenvalue weighted by Crippen LogP contribution is 2.12. The molecule has 0 unspecified atom stereocenters. The summed E-state index contributed by atoms with van der Waals surface area (Å²) in [4.78, 5) is 4.36.